The lowest BCUT2D eigenvalue weighted by molar-refractivity contribution is -0.144. The Morgan fingerprint density at radius 1 is 1.28 bits per heavy atom. The minimum absolute atomic E-state index is 0.00959. The highest BCUT2D eigenvalue weighted by Gasteiger charge is 2.41. The van der Waals surface area contributed by atoms with E-state index in [0.29, 0.717) is 4.90 Å². The van der Waals surface area contributed by atoms with Crippen molar-refractivity contribution in [2.45, 2.75) is 44.1 Å². The van der Waals surface area contributed by atoms with Crippen LogP contribution >= 0.6 is 11.6 Å². The number of ketones is 1. The van der Waals surface area contributed by atoms with Crippen molar-refractivity contribution in [1.82, 2.24) is 10.2 Å². The Bertz CT molecular complexity index is 1310. The van der Waals surface area contributed by atoms with Crippen molar-refractivity contribution in [3.8, 4) is 0 Å². The van der Waals surface area contributed by atoms with E-state index in [0.717, 1.165) is 12.1 Å². The number of nitrogens with one attached hydrogen (secondary N) is 1. The minimum atomic E-state index is -3.86. The lowest BCUT2D eigenvalue weighted by Gasteiger charge is -2.29. The fourth-order valence-corrected chi connectivity index (χ4v) is 3.57. The topological polar surface area (TPSA) is 83.6 Å². The van der Waals surface area contributed by atoms with E-state index in [1.165, 1.54) is 30.3 Å². The third-order valence-electron chi connectivity index (χ3n) is 5.12. The van der Waals surface area contributed by atoms with E-state index in [9.17, 15) is 28.0 Å². The minimum Gasteiger partial charge on any atom is -0.322 e. The number of carbonyl (C=O) groups excluding carboxylic acids is 4. The standard InChI is InChI=1S/C23H19ClF2N2O4/c24-16-5-3-15(4-6-16)23(25,26)19(29)9-2-13-1-7-17-14(11-13)12-28(22(17)32)18-8-10-20(30)27-21(18)31/h1,3-7,11,18H,2,8-10,12H2,(H,27,30,31)/t18-/m0/s1/i2D,8D,10D,18D/hD/t2?,8?,10?,18-. The predicted octanol–water partition coefficient (Wildman–Crippen LogP) is 3.39. The van der Waals surface area contributed by atoms with Crippen LogP contribution in [0.4, 0.5) is 8.78 Å². The molecule has 6 nitrogen and oxygen atoms in total. The molecule has 1 fully saturated rings. The van der Waals surface area contributed by atoms with Crippen LogP contribution in [0.2, 0.25) is 6.43 Å². The maximum Gasteiger partial charge on any atom is 0.330 e. The second-order valence-electron chi connectivity index (χ2n) is 7.19. The van der Waals surface area contributed by atoms with Crippen molar-refractivity contribution in [2.75, 3.05) is 0 Å². The van der Waals surface area contributed by atoms with Crippen molar-refractivity contribution in [2.24, 2.45) is 0 Å². The van der Waals surface area contributed by atoms with Crippen LogP contribution in [0.3, 0.4) is 0 Å². The van der Waals surface area contributed by atoms with Crippen molar-refractivity contribution in [1.29, 1.82) is 0 Å². The lowest BCUT2D eigenvalue weighted by Crippen LogP contribution is -2.52. The maximum atomic E-state index is 14.6. The second-order valence-corrected chi connectivity index (χ2v) is 7.63. The molecule has 4 rings (SSSR count). The van der Waals surface area contributed by atoms with Crippen molar-refractivity contribution in [3.63, 3.8) is 0 Å². The Morgan fingerprint density at radius 2 is 2.00 bits per heavy atom. The number of fused-ring (bicyclic) bond motifs is 1. The van der Waals surface area contributed by atoms with Crippen LogP contribution in [0.25, 0.3) is 0 Å². The van der Waals surface area contributed by atoms with Crippen LogP contribution in [0.5, 0.6) is 0 Å². The van der Waals surface area contributed by atoms with E-state index in [1.54, 1.807) is 0 Å². The fourth-order valence-electron chi connectivity index (χ4n) is 3.44. The Balaban J connectivity index is 1.56. The van der Waals surface area contributed by atoms with Gasteiger partial charge in [0.2, 0.25) is 17.6 Å². The number of carbonyl (C=O) groups is 4. The number of rotatable bonds is 6. The summed E-state index contributed by atoms with van der Waals surface area (Å²) in [5.74, 6) is -8.94. The number of halogens is 3. The summed E-state index contributed by atoms with van der Waals surface area (Å²) in [5.41, 5.74) is -0.226. The highest BCUT2D eigenvalue weighted by molar-refractivity contribution is 6.30. The Kier molecular flexibility index (Phi) is 4.34. The molecule has 0 radical (unpaired) electrons. The molecule has 4 atom stereocenters. The largest absolute Gasteiger partial charge is 0.330 e. The van der Waals surface area contributed by atoms with Gasteiger partial charge in [0.15, 0.2) is 1.41 Å². The zero-order valence-electron chi connectivity index (χ0n) is 21.3. The molecule has 166 valence electrons. The van der Waals surface area contributed by atoms with Crippen LogP contribution in [-0.2, 0) is 33.2 Å². The summed E-state index contributed by atoms with van der Waals surface area (Å²) in [5, 5.41) is 0.0254. The van der Waals surface area contributed by atoms with Gasteiger partial charge in [-0.15, -0.1) is 0 Å². The number of benzene rings is 2. The zero-order chi connectivity index (χ0) is 27.4. The summed E-state index contributed by atoms with van der Waals surface area (Å²) in [6.45, 7) is -0.414. The third-order valence-corrected chi connectivity index (χ3v) is 5.37. The van der Waals surface area contributed by atoms with Crippen LogP contribution in [0.1, 0.15) is 51.7 Å². The first-order valence-corrected chi connectivity index (χ1v) is 9.85. The summed E-state index contributed by atoms with van der Waals surface area (Å²) in [6.07, 6.45) is -6.20. The van der Waals surface area contributed by atoms with Crippen molar-refractivity contribution >= 4 is 35.1 Å². The van der Waals surface area contributed by atoms with Gasteiger partial charge >= 0.3 is 5.92 Å². The van der Waals surface area contributed by atoms with E-state index in [4.69, 9.17) is 18.5 Å². The molecule has 0 saturated carbocycles. The number of hydrogen-bond donors (Lipinski definition) is 1. The summed E-state index contributed by atoms with van der Waals surface area (Å²) in [7, 11) is 0. The smallest absolute Gasteiger partial charge is 0.322 e. The summed E-state index contributed by atoms with van der Waals surface area (Å²) in [6, 6.07) is 5.61. The number of aryl methyl sites for hydroxylation is 1. The molecule has 2 aromatic carbocycles. The molecule has 3 amide bonds. The highest BCUT2D eigenvalue weighted by Crippen LogP contribution is 2.32. The normalized spacial score (nSPS) is 29.0. The first-order chi connectivity index (χ1) is 17.2. The molecule has 0 spiro atoms. The SMILES string of the molecule is [2H]C(CC(=O)C(F)(F)c1ccc(Cl)cc1)c1ccc2c(c1)CN([C@]1([2H])C(=O)N([2H])C(=O)C([2H])C1[2H])C2=O. The molecule has 2 aromatic rings. The van der Waals surface area contributed by atoms with Crippen LogP contribution in [0, 0.1) is 0 Å². The molecular formula is C23H19ClF2N2O4. The molecule has 2 aliphatic heterocycles. The predicted molar refractivity (Wildman–Crippen MR) is 111 cm³/mol. The fraction of sp³-hybridized carbons (Fsp3) is 0.304. The quantitative estimate of drug-likeness (QED) is 0.663. The molecule has 2 aliphatic rings. The van der Waals surface area contributed by atoms with Crippen LogP contribution in [0.15, 0.2) is 42.5 Å². The molecular weight excluding hydrogens is 442 g/mol. The molecule has 32 heavy (non-hydrogen) atoms. The number of piperidine rings is 1. The second kappa shape index (κ2) is 8.43. The van der Waals surface area contributed by atoms with Gasteiger partial charge in [-0.3, -0.25) is 24.5 Å². The molecule has 0 aromatic heterocycles. The average Bonchev–Trinajstić information content (AvgIpc) is 3.21. The van der Waals surface area contributed by atoms with E-state index in [-0.39, 0.29) is 27.0 Å². The first-order valence-electron chi connectivity index (χ1n) is 12.1. The molecule has 3 unspecified atom stereocenters. The zero-order valence-corrected chi connectivity index (χ0v) is 17.1. The number of amides is 3. The number of hydrogen-bond acceptors (Lipinski definition) is 4. The van der Waals surface area contributed by atoms with E-state index in [2.05, 4.69) is 0 Å². The van der Waals surface area contributed by atoms with Crippen LogP contribution in [-0.4, -0.2) is 34.4 Å². The maximum absolute atomic E-state index is 14.6. The third kappa shape index (κ3) is 4.14. The Morgan fingerprint density at radius 3 is 2.72 bits per heavy atom. The summed E-state index contributed by atoms with van der Waals surface area (Å²) >= 11 is 5.70. The summed E-state index contributed by atoms with van der Waals surface area (Å²) in [4.78, 5) is 50.5. The van der Waals surface area contributed by atoms with Gasteiger partial charge in [0.05, 0.1) is 1.37 Å². The lowest BCUT2D eigenvalue weighted by atomic mass is 9.97. The van der Waals surface area contributed by atoms with E-state index in [1.807, 2.05) is 0 Å². The van der Waals surface area contributed by atoms with Gasteiger partial charge < -0.3 is 4.90 Å². The van der Waals surface area contributed by atoms with Gasteiger partial charge in [0.1, 0.15) is 6.02 Å². The molecule has 0 aliphatic carbocycles. The van der Waals surface area contributed by atoms with Gasteiger partial charge in [-0.2, -0.15) is 8.78 Å². The average molecular weight is 466 g/mol. The molecule has 9 heteroatoms. The van der Waals surface area contributed by atoms with Crippen LogP contribution < -0.4 is 5.31 Å². The molecule has 1 saturated heterocycles. The van der Waals surface area contributed by atoms with Crippen molar-refractivity contribution in [3.05, 3.63) is 69.7 Å². The van der Waals surface area contributed by atoms with Gasteiger partial charge in [0.25, 0.3) is 5.91 Å². The Labute approximate surface area is 194 Å². The van der Waals surface area contributed by atoms with Gasteiger partial charge in [-0.1, -0.05) is 35.9 Å². The number of nitrogens with zero attached hydrogens (tertiary/aromatic N) is 1. The van der Waals surface area contributed by atoms with Gasteiger partial charge in [-0.25, -0.2) is 0 Å². The first kappa shape index (κ1) is 16.5. The number of alkyl halides is 2. The van der Waals surface area contributed by atoms with Gasteiger partial charge in [0, 0.05) is 39.6 Å². The van der Waals surface area contributed by atoms with Gasteiger partial charge in [-0.05, 0) is 42.1 Å². The Hall–Kier alpha value is -3.13. The molecule has 0 bridgehead atoms. The summed E-state index contributed by atoms with van der Waals surface area (Å²) < 4.78 is 69.6. The molecule has 2 heterocycles. The molecule has 1 N–H and O–H groups in total. The number of imide groups is 1. The van der Waals surface area contributed by atoms with E-state index < -0.39 is 73.2 Å². The monoisotopic (exact) mass is 465 g/mol. The number of Topliss-reactive ketones (excluding diaryl/α,β-unsaturated/α-hetero) is 1. The van der Waals surface area contributed by atoms with E-state index >= 15 is 0 Å². The highest BCUT2D eigenvalue weighted by atomic mass is 35.5. The van der Waals surface area contributed by atoms with Crippen molar-refractivity contribution < 1.29 is 34.9 Å².